The highest BCUT2D eigenvalue weighted by molar-refractivity contribution is 8.18. The van der Waals surface area contributed by atoms with Gasteiger partial charge < -0.3 is 9.30 Å². The molecule has 0 unspecified atom stereocenters. The Morgan fingerprint density at radius 1 is 1.23 bits per heavy atom. The first kappa shape index (κ1) is 17.9. The number of carbonyl (C=O) groups excluding carboxylic acids is 2. The predicted molar refractivity (Wildman–Crippen MR) is 97.0 cm³/mol. The van der Waals surface area contributed by atoms with Gasteiger partial charge in [-0.05, 0) is 42.1 Å². The summed E-state index contributed by atoms with van der Waals surface area (Å²) in [6.07, 6.45) is 3.42. The minimum absolute atomic E-state index is 0.00159. The molecule has 0 atom stereocenters. The Kier molecular flexibility index (Phi) is 5.19. The van der Waals surface area contributed by atoms with E-state index in [0.717, 1.165) is 16.7 Å². The second-order valence-corrected chi connectivity index (χ2v) is 6.40. The normalized spacial score (nSPS) is 15.9. The summed E-state index contributed by atoms with van der Waals surface area (Å²) in [6, 6.07) is 9.67. The molecule has 1 aromatic heterocycles. The van der Waals surface area contributed by atoms with E-state index in [4.69, 9.17) is 4.74 Å². The molecule has 0 bridgehead atoms. The van der Waals surface area contributed by atoms with Crippen LogP contribution in [0.15, 0.2) is 47.5 Å². The summed E-state index contributed by atoms with van der Waals surface area (Å²) in [6.45, 7) is 0.492. The molecule has 1 fully saturated rings. The van der Waals surface area contributed by atoms with E-state index < -0.39 is 4.92 Å². The number of non-ortho nitro benzene ring substituents is 1. The van der Waals surface area contributed by atoms with Crippen LogP contribution in [0.1, 0.15) is 5.69 Å². The van der Waals surface area contributed by atoms with E-state index in [-0.39, 0.29) is 30.0 Å². The molecule has 0 saturated carbocycles. The number of aromatic nitrogens is 1. The zero-order valence-corrected chi connectivity index (χ0v) is 14.6. The summed E-state index contributed by atoms with van der Waals surface area (Å²) in [5.74, 6) is -0.353. The smallest absolute Gasteiger partial charge is 0.293 e. The molecule has 26 heavy (non-hydrogen) atoms. The number of benzene rings is 1. The molecule has 1 aliphatic rings. The first-order valence-corrected chi connectivity index (χ1v) is 8.49. The lowest BCUT2D eigenvalue weighted by Gasteiger charge is -2.11. The summed E-state index contributed by atoms with van der Waals surface area (Å²) in [4.78, 5) is 36.2. The molecule has 1 aliphatic heterocycles. The van der Waals surface area contributed by atoms with Crippen molar-refractivity contribution in [1.29, 1.82) is 0 Å². The van der Waals surface area contributed by atoms with Gasteiger partial charge in [0.2, 0.25) is 0 Å². The Balaban J connectivity index is 1.87. The minimum atomic E-state index is -0.462. The van der Waals surface area contributed by atoms with Crippen molar-refractivity contribution in [3.8, 4) is 5.69 Å². The third-order valence-electron chi connectivity index (χ3n) is 3.79. The van der Waals surface area contributed by atoms with Crippen LogP contribution in [0.2, 0.25) is 0 Å². The summed E-state index contributed by atoms with van der Waals surface area (Å²) >= 11 is 0.881. The molecule has 0 radical (unpaired) electrons. The van der Waals surface area contributed by atoms with Crippen LogP contribution in [-0.4, -0.2) is 45.8 Å². The lowest BCUT2D eigenvalue weighted by atomic mass is 10.2. The Labute approximate surface area is 153 Å². The van der Waals surface area contributed by atoms with E-state index in [9.17, 15) is 19.7 Å². The molecular formula is C17H15N3O5S. The van der Waals surface area contributed by atoms with Gasteiger partial charge in [-0.25, -0.2) is 0 Å². The van der Waals surface area contributed by atoms with Crippen molar-refractivity contribution < 1.29 is 19.2 Å². The maximum absolute atomic E-state index is 12.4. The van der Waals surface area contributed by atoms with Crippen LogP contribution in [0, 0.1) is 10.1 Å². The Morgan fingerprint density at radius 2 is 1.96 bits per heavy atom. The fourth-order valence-electron chi connectivity index (χ4n) is 2.49. The lowest BCUT2D eigenvalue weighted by Crippen LogP contribution is -2.31. The zero-order valence-electron chi connectivity index (χ0n) is 13.8. The molecule has 1 saturated heterocycles. The van der Waals surface area contributed by atoms with Gasteiger partial charge in [-0.1, -0.05) is 0 Å². The van der Waals surface area contributed by atoms with E-state index in [1.165, 1.54) is 19.2 Å². The van der Waals surface area contributed by atoms with Gasteiger partial charge in [-0.2, -0.15) is 0 Å². The van der Waals surface area contributed by atoms with E-state index in [0.29, 0.717) is 16.3 Å². The molecular weight excluding hydrogens is 358 g/mol. The minimum Gasteiger partial charge on any atom is -0.383 e. The number of imide groups is 1. The Hall–Kier alpha value is -2.91. The standard InChI is InChI=1S/C17H15N3O5S/c1-25-10-9-19-16(21)15(26-17(19)22)11-14-3-2-8-18(14)12-4-6-13(7-5-12)20(23)24/h2-8,11H,9-10H2,1H3/b15-11+. The number of ether oxygens (including phenoxy) is 1. The number of nitro benzene ring substituents is 1. The predicted octanol–water partition coefficient (Wildman–Crippen LogP) is 3.07. The summed E-state index contributed by atoms with van der Waals surface area (Å²) in [5, 5.41) is 10.4. The highest BCUT2D eigenvalue weighted by Crippen LogP contribution is 2.32. The van der Waals surface area contributed by atoms with Crippen LogP contribution in [-0.2, 0) is 9.53 Å². The van der Waals surface area contributed by atoms with Crippen LogP contribution in [0.25, 0.3) is 11.8 Å². The number of nitrogens with zero attached hydrogens (tertiary/aromatic N) is 3. The van der Waals surface area contributed by atoms with Gasteiger partial charge >= 0.3 is 0 Å². The number of nitro groups is 1. The number of carbonyl (C=O) groups is 2. The molecule has 9 heteroatoms. The Morgan fingerprint density at radius 3 is 2.62 bits per heavy atom. The van der Waals surface area contributed by atoms with Crippen LogP contribution < -0.4 is 0 Å². The molecule has 2 aromatic rings. The molecule has 2 amide bonds. The average molecular weight is 373 g/mol. The van der Waals surface area contributed by atoms with Crippen molar-refractivity contribution in [3.63, 3.8) is 0 Å². The van der Waals surface area contributed by atoms with Gasteiger partial charge in [0.05, 0.1) is 23.0 Å². The molecule has 134 valence electrons. The van der Waals surface area contributed by atoms with Crippen LogP contribution in [0.5, 0.6) is 0 Å². The number of rotatable bonds is 6. The van der Waals surface area contributed by atoms with Gasteiger partial charge in [-0.15, -0.1) is 0 Å². The van der Waals surface area contributed by atoms with Gasteiger partial charge in [0, 0.05) is 36.8 Å². The quantitative estimate of drug-likeness (QED) is 0.439. The Bertz CT molecular complexity index is 888. The molecule has 1 aromatic carbocycles. The van der Waals surface area contributed by atoms with Gasteiger partial charge in [0.1, 0.15) is 0 Å². The SMILES string of the molecule is COCCN1C(=O)S/C(=C/c2cccn2-c2ccc([N+](=O)[O-])cc2)C1=O. The van der Waals surface area contributed by atoms with Crippen molar-refractivity contribution >= 4 is 34.7 Å². The number of amides is 2. The maximum Gasteiger partial charge on any atom is 0.293 e. The largest absolute Gasteiger partial charge is 0.383 e. The fraction of sp³-hybridized carbons (Fsp3) is 0.176. The van der Waals surface area contributed by atoms with Crippen LogP contribution >= 0.6 is 11.8 Å². The average Bonchev–Trinajstić information content (AvgIpc) is 3.19. The lowest BCUT2D eigenvalue weighted by molar-refractivity contribution is -0.384. The third kappa shape index (κ3) is 3.53. The molecule has 2 heterocycles. The molecule has 3 rings (SSSR count). The topological polar surface area (TPSA) is 94.7 Å². The number of methoxy groups -OCH3 is 1. The van der Waals surface area contributed by atoms with Crippen molar-refractivity contribution in [2.24, 2.45) is 0 Å². The highest BCUT2D eigenvalue weighted by atomic mass is 32.2. The summed E-state index contributed by atoms with van der Waals surface area (Å²) in [5.41, 5.74) is 1.41. The van der Waals surface area contributed by atoms with E-state index in [2.05, 4.69) is 0 Å². The van der Waals surface area contributed by atoms with Crippen molar-refractivity contribution in [3.05, 3.63) is 63.3 Å². The summed E-state index contributed by atoms with van der Waals surface area (Å²) in [7, 11) is 1.51. The number of hydrogen-bond acceptors (Lipinski definition) is 6. The molecule has 8 nitrogen and oxygen atoms in total. The van der Waals surface area contributed by atoms with E-state index in [1.54, 1.807) is 41.1 Å². The molecule has 0 N–H and O–H groups in total. The second kappa shape index (κ2) is 7.54. The van der Waals surface area contributed by atoms with Gasteiger partial charge in [0.15, 0.2) is 0 Å². The second-order valence-electron chi connectivity index (χ2n) is 5.40. The third-order valence-corrected chi connectivity index (χ3v) is 4.70. The zero-order chi connectivity index (χ0) is 18.7. The van der Waals surface area contributed by atoms with Crippen LogP contribution in [0.4, 0.5) is 10.5 Å². The highest BCUT2D eigenvalue weighted by Gasteiger charge is 2.34. The van der Waals surface area contributed by atoms with E-state index in [1.807, 2.05) is 0 Å². The first-order chi connectivity index (χ1) is 12.5. The van der Waals surface area contributed by atoms with E-state index >= 15 is 0 Å². The van der Waals surface area contributed by atoms with Crippen molar-refractivity contribution in [2.45, 2.75) is 0 Å². The molecule has 0 spiro atoms. The van der Waals surface area contributed by atoms with Gasteiger partial charge in [-0.3, -0.25) is 24.6 Å². The number of thioether (sulfide) groups is 1. The van der Waals surface area contributed by atoms with Crippen LogP contribution in [0.3, 0.4) is 0 Å². The summed E-state index contributed by atoms with van der Waals surface area (Å²) < 4.78 is 6.70. The monoisotopic (exact) mass is 373 g/mol. The van der Waals surface area contributed by atoms with Crippen molar-refractivity contribution in [2.75, 3.05) is 20.3 Å². The molecule has 0 aliphatic carbocycles. The first-order valence-electron chi connectivity index (χ1n) is 7.68. The van der Waals surface area contributed by atoms with Gasteiger partial charge in [0.25, 0.3) is 16.8 Å². The number of hydrogen-bond donors (Lipinski definition) is 0. The fourth-order valence-corrected chi connectivity index (χ4v) is 3.34. The van der Waals surface area contributed by atoms with Crippen molar-refractivity contribution in [1.82, 2.24) is 9.47 Å². The maximum atomic E-state index is 12.4.